The maximum absolute atomic E-state index is 16.9. The second-order valence-electron chi connectivity index (χ2n) is 12.3. The van der Waals surface area contributed by atoms with Crippen LogP contribution in [0.25, 0.3) is 32.2 Å². The summed E-state index contributed by atoms with van der Waals surface area (Å²) in [5.74, 6) is 0.435. The van der Waals surface area contributed by atoms with Gasteiger partial charge in [0.25, 0.3) is 0 Å². The fraction of sp³-hybridized carbons (Fsp3) is 0.484. The third-order valence-corrected chi connectivity index (χ3v) is 10.9. The highest BCUT2D eigenvalue weighted by atomic mass is 32.1. The first-order valence-electron chi connectivity index (χ1n) is 14.9. The van der Waals surface area contributed by atoms with Gasteiger partial charge in [-0.1, -0.05) is 19.1 Å². The Balaban J connectivity index is 1.33. The van der Waals surface area contributed by atoms with Crippen molar-refractivity contribution in [2.24, 2.45) is 5.92 Å². The predicted molar refractivity (Wildman–Crippen MR) is 162 cm³/mol. The summed E-state index contributed by atoms with van der Waals surface area (Å²) in [6.45, 7) is 7.34. The molecule has 3 aromatic heterocycles. The summed E-state index contributed by atoms with van der Waals surface area (Å²) in [5.41, 5.74) is 8.33. The third kappa shape index (κ3) is 3.81. The fourth-order valence-corrected chi connectivity index (χ4v) is 8.82. The molecule has 9 nitrogen and oxygen atoms in total. The van der Waals surface area contributed by atoms with Crippen LogP contribution in [0.15, 0.2) is 18.2 Å². The number of nitrogen functional groups attached to an aromatic ring is 1. The molecule has 0 radical (unpaired) electrons. The maximum atomic E-state index is 16.9. The molecule has 0 bridgehead atoms. The summed E-state index contributed by atoms with van der Waals surface area (Å²) in [7, 11) is 0. The van der Waals surface area contributed by atoms with Crippen molar-refractivity contribution in [1.29, 1.82) is 5.26 Å². The lowest BCUT2D eigenvalue weighted by Gasteiger charge is -2.39. The number of fused-ring (bicyclic) bond motifs is 4. The van der Waals surface area contributed by atoms with Gasteiger partial charge >= 0.3 is 6.01 Å². The second-order valence-corrected chi connectivity index (χ2v) is 13.3. The van der Waals surface area contributed by atoms with Crippen LogP contribution >= 0.6 is 11.3 Å². The van der Waals surface area contributed by atoms with Crippen LogP contribution < -0.4 is 20.7 Å². The Kier molecular flexibility index (Phi) is 6.04. The van der Waals surface area contributed by atoms with Crippen LogP contribution in [0.1, 0.15) is 43.9 Å². The molecule has 42 heavy (non-hydrogen) atoms. The van der Waals surface area contributed by atoms with E-state index in [-0.39, 0.29) is 34.7 Å². The number of nitrogens with two attached hydrogens (primary N) is 1. The van der Waals surface area contributed by atoms with Gasteiger partial charge in [-0.2, -0.15) is 15.2 Å². The van der Waals surface area contributed by atoms with Crippen molar-refractivity contribution in [3.63, 3.8) is 0 Å². The van der Waals surface area contributed by atoms with E-state index < -0.39 is 5.82 Å². The van der Waals surface area contributed by atoms with Crippen molar-refractivity contribution >= 4 is 43.1 Å². The molecule has 3 N–H and O–H groups in total. The highest BCUT2D eigenvalue weighted by molar-refractivity contribution is 7.23. The number of halogens is 1. The molecule has 0 spiro atoms. The summed E-state index contributed by atoms with van der Waals surface area (Å²) in [4.78, 5) is 19.6. The van der Waals surface area contributed by atoms with E-state index in [0.29, 0.717) is 45.7 Å². The molecular formula is C31H33FN8OS. The minimum absolute atomic E-state index is 0.0217. The number of nitrogens with one attached hydrogen (secondary N) is 1. The summed E-state index contributed by atoms with van der Waals surface area (Å²) >= 11 is 1.33. The number of hydrogen-bond acceptors (Lipinski definition) is 10. The smallest absolute Gasteiger partial charge is 0.319 e. The number of anilines is 2. The minimum Gasteiger partial charge on any atom is -0.461 e. The maximum Gasteiger partial charge on any atom is 0.319 e. The van der Waals surface area contributed by atoms with E-state index in [0.717, 1.165) is 56.0 Å². The van der Waals surface area contributed by atoms with Crippen LogP contribution in [0.2, 0.25) is 0 Å². The van der Waals surface area contributed by atoms with E-state index in [1.807, 2.05) is 18.2 Å². The van der Waals surface area contributed by atoms with Crippen LogP contribution in [0.5, 0.6) is 6.01 Å². The number of benzene rings is 1. The van der Waals surface area contributed by atoms with Crippen molar-refractivity contribution < 1.29 is 9.13 Å². The topological polar surface area (TPSA) is 116 Å². The molecule has 4 aliphatic heterocycles. The molecule has 0 aliphatic carbocycles. The molecule has 3 saturated heterocycles. The van der Waals surface area contributed by atoms with Crippen molar-refractivity contribution in [3.05, 3.63) is 35.3 Å². The number of nitriles is 1. The molecule has 3 fully saturated rings. The summed E-state index contributed by atoms with van der Waals surface area (Å²) in [6, 6.07) is 8.22. The zero-order chi connectivity index (χ0) is 28.6. The Morgan fingerprint density at radius 1 is 1.19 bits per heavy atom. The van der Waals surface area contributed by atoms with E-state index in [2.05, 4.69) is 28.1 Å². The second kappa shape index (κ2) is 9.73. The van der Waals surface area contributed by atoms with Gasteiger partial charge < -0.3 is 20.7 Å². The number of aromatic nitrogens is 3. The average Bonchev–Trinajstić information content (AvgIpc) is 3.66. The van der Waals surface area contributed by atoms with Gasteiger partial charge in [0.2, 0.25) is 0 Å². The number of ether oxygens (including phenoxy) is 1. The predicted octanol–water partition coefficient (Wildman–Crippen LogP) is 4.48. The van der Waals surface area contributed by atoms with Gasteiger partial charge in [-0.05, 0) is 57.2 Å². The van der Waals surface area contributed by atoms with Crippen molar-refractivity contribution in [2.45, 2.75) is 50.6 Å². The van der Waals surface area contributed by atoms with E-state index >= 15 is 4.39 Å². The van der Waals surface area contributed by atoms with Crippen LogP contribution in [-0.4, -0.2) is 70.8 Å². The average molecular weight is 585 g/mol. The first-order valence-corrected chi connectivity index (χ1v) is 15.8. The molecule has 0 amide bonds. The largest absolute Gasteiger partial charge is 0.461 e. The van der Waals surface area contributed by atoms with E-state index in [4.69, 9.17) is 25.4 Å². The van der Waals surface area contributed by atoms with Crippen molar-refractivity contribution in [1.82, 2.24) is 25.2 Å². The molecule has 4 aromatic rings. The van der Waals surface area contributed by atoms with Gasteiger partial charge in [0.1, 0.15) is 34.7 Å². The number of nitrogens with zero attached hydrogens (tertiary/aromatic N) is 6. The normalized spacial score (nSPS) is 23.1. The lowest BCUT2D eigenvalue weighted by Crippen LogP contribution is -2.54. The Labute approximate surface area is 247 Å². The highest BCUT2D eigenvalue weighted by Crippen LogP contribution is 2.44. The lowest BCUT2D eigenvalue weighted by molar-refractivity contribution is 0.108. The molecule has 8 rings (SSSR count). The summed E-state index contributed by atoms with van der Waals surface area (Å²) in [6.07, 6.45) is 5.21. The first kappa shape index (κ1) is 26.1. The first-order chi connectivity index (χ1) is 20.5. The van der Waals surface area contributed by atoms with E-state index in [9.17, 15) is 5.26 Å². The van der Waals surface area contributed by atoms with Gasteiger partial charge in [0, 0.05) is 41.3 Å². The lowest BCUT2D eigenvalue weighted by atomic mass is 9.94. The van der Waals surface area contributed by atoms with E-state index in [1.54, 1.807) is 0 Å². The summed E-state index contributed by atoms with van der Waals surface area (Å²) < 4.78 is 24.1. The SMILES string of the molecule is C[C@H]1Cc2nc(-c3cccc4sc(N)c(C#N)c34)c(F)c3nc(OCC45CCCN4CCC5)nc(c23)N2CCNCC12. The highest BCUT2D eigenvalue weighted by Gasteiger charge is 2.45. The van der Waals surface area contributed by atoms with Crippen LogP contribution in [-0.2, 0) is 6.42 Å². The van der Waals surface area contributed by atoms with E-state index in [1.165, 1.54) is 24.2 Å². The standard InChI is InChI=1S/C31H33FN8OS/c1-17-13-20-24-27(25(32)26(36-20)18-5-2-6-22-23(18)19(14-33)28(34)42-22)37-30(38-29(24)40-12-9-35-15-21(17)40)41-16-31-7-3-10-39(31)11-4-8-31/h2,5-6,17,21,35H,3-4,7-13,15-16,34H2,1H3/t17-,21?/m0/s1. The third-order valence-electron chi connectivity index (χ3n) is 9.94. The van der Waals surface area contributed by atoms with Gasteiger partial charge in [-0.15, -0.1) is 11.3 Å². The van der Waals surface area contributed by atoms with Gasteiger partial charge in [-0.25, -0.2) is 9.37 Å². The van der Waals surface area contributed by atoms with Gasteiger partial charge in [-0.3, -0.25) is 4.90 Å². The molecular weight excluding hydrogens is 551 g/mol. The number of rotatable bonds is 4. The Morgan fingerprint density at radius 2 is 2.02 bits per heavy atom. The zero-order valence-electron chi connectivity index (χ0n) is 23.6. The molecule has 0 saturated carbocycles. The monoisotopic (exact) mass is 584 g/mol. The van der Waals surface area contributed by atoms with Crippen LogP contribution in [0.4, 0.5) is 15.2 Å². The zero-order valence-corrected chi connectivity index (χ0v) is 24.4. The van der Waals surface area contributed by atoms with Crippen molar-refractivity contribution in [3.8, 4) is 23.3 Å². The molecule has 216 valence electrons. The van der Waals surface area contributed by atoms with Crippen LogP contribution in [0.3, 0.4) is 0 Å². The number of hydrogen-bond donors (Lipinski definition) is 2. The number of pyridine rings is 1. The molecule has 4 aliphatic rings. The minimum atomic E-state index is -0.522. The molecule has 7 heterocycles. The Bertz CT molecular complexity index is 1770. The Hall–Kier alpha value is -3.59. The molecule has 1 unspecified atom stereocenters. The quantitative estimate of drug-likeness (QED) is 0.358. The fourth-order valence-electron chi connectivity index (χ4n) is 7.88. The molecule has 2 atom stereocenters. The molecule has 11 heteroatoms. The Morgan fingerprint density at radius 3 is 2.83 bits per heavy atom. The molecule has 1 aromatic carbocycles. The van der Waals surface area contributed by atoms with Crippen LogP contribution in [0, 0.1) is 23.1 Å². The number of thiophene rings is 1. The van der Waals surface area contributed by atoms with Crippen molar-refractivity contribution in [2.75, 3.05) is 50.0 Å². The summed E-state index contributed by atoms with van der Waals surface area (Å²) in [5, 5.41) is 15.2. The number of piperazine rings is 1. The van der Waals surface area contributed by atoms with Gasteiger partial charge in [0.15, 0.2) is 5.82 Å². The van der Waals surface area contributed by atoms with Gasteiger partial charge in [0.05, 0.1) is 22.2 Å².